The summed E-state index contributed by atoms with van der Waals surface area (Å²) in [6, 6.07) is 0. The number of hydrogen-bond acceptors (Lipinski definition) is 4. The molecule has 0 N–H and O–H groups in total. The summed E-state index contributed by atoms with van der Waals surface area (Å²) >= 11 is 0. The maximum atomic E-state index is 11.0. The average molecular weight is 198 g/mol. The molecule has 78 valence electrons. The Morgan fingerprint density at radius 3 is 2.57 bits per heavy atom. The van der Waals surface area contributed by atoms with Gasteiger partial charge in [-0.3, -0.25) is 0 Å². The van der Waals surface area contributed by atoms with E-state index in [0.717, 1.165) is 13.5 Å². The van der Waals surface area contributed by atoms with Gasteiger partial charge in [-0.05, 0) is 19.3 Å². The van der Waals surface area contributed by atoms with Crippen LogP contribution in [0.5, 0.6) is 0 Å². The molecule has 4 heteroatoms. The number of esters is 2. The van der Waals surface area contributed by atoms with Gasteiger partial charge in [0.05, 0.1) is 7.11 Å². The largest absolute Gasteiger partial charge is 0.461 e. The Morgan fingerprint density at radius 2 is 2.14 bits per heavy atom. The normalized spacial score (nSPS) is 26.1. The third-order valence-electron chi connectivity index (χ3n) is 2.44. The fourth-order valence-corrected chi connectivity index (χ4v) is 1.43. The van der Waals surface area contributed by atoms with E-state index in [0.29, 0.717) is 11.8 Å². The molecule has 0 bridgehead atoms. The first kappa shape index (κ1) is 10.8. The molecule has 0 spiro atoms. The van der Waals surface area contributed by atoms with Gasteiger partial charge in [0, 0.05) is 5.92 Å². The minimum atomic E-state index is -0.951. The summed E-state index contributed by atoms with van der Waals surface area (Å²) in [5.74, 6) is -1.15. The van der Waals surface area contributed by atoms with E-state index < -0.39 is 11.9 Å². The zero-order chi connectivity index (χ0) is 10.7. The van der Waals surface area contributed by atoms with Gasteiger partial charge in [0.1, 0.15) is 6.10 Å². The summed E-state index contributed by atoms with van der Waals surface area (Å²) in [5.41, 5.74) is 0. The molecule has 0 amide bonds. The van der Waals surface area contributed by atoms with Crippen LogP contribution in [0.15, 0.2) is 12.7 Å². The molecule has 3 atom stereocenters. The van der Waals surface area contributed by atoms with E-state index in [4.69, 9.17) is 4.74 Å². The highest BCUT2D eigenvalue weighted by Gasteiger charge is 2.41. The van der Waals surface area contributed by atoms with Crippen LogP contribution < -0.4 is 0 Å². The number of ether oxygens (including phenoxy) is 2. The van der Waals surface area contributed by atoms with Gasteiger partial charge in [0.2, 0.25) is 0 Å². The smallest absolute Gasteiger partial charge is 0.417 e. The molecule has 0 aromatic rings. The highest BCUT2D eigenvalue weighted by atomic mass is 16.6. The SMILES string of the molecule is C=CC1CC1C(C)OC(=O)C(=O)OC. The topological polar surface area (TPSA) is 52.6 Å². The minimum absolute atomic E-state index is 0.246. The number of rotatable bonds is 3. The zero-order valence-electron chi connectivity index (χ0n) is 8.36. The van der Waals surface area contributed by atoms with Crippen molar-refractivity contribution in [1.82, 2.24) is 0 Å². The Kier molecular flexibility index (Phi) is 3.28. The van der Waals surface area contributed by atoms with Crippen LogP contribution in [0, 0.1) is 11.8 Å². The maximum absolute atomic E-state index is 11.0. The molecule has 1 aliphatic carbocycles. The van der Waals surface area contributed by atoms with Gasteiger partial charge in [0.25, 0.3) is 0 Å². The quantitative estimate of drug-likeness (QED) is 0.384. The molecule has 0 saturated heterocycles. The minimum Gasteiger partial charge on any atom is -0.461 e. The number of allylic oxidation sites excluding steroid dienone is 1. The van der Waals surface area contributed by atoms with E-state index in [1.54, 1.807) is 6.92 Å². The zero-order valence-corrected chi connectivity index (χ0v) is 8.36. The fourth-order valence-electron chi connectivity index (χ4n) is 1.43. The van der Waals surface area contributed by atoms with Crippen LogP contribution in [0.1, 0.15) is 13.3 Å². The van der Waals surface area contributed by atoms with Crippen molar-refractivity contribution in [3.05, 3.63) is 12.7 Å². The van der Waals surface area contributed by atoms with Crippen molar-refractivity contribution in [2.24, 2.45) is 11.8 Å². The second-order valence-corrected chi connectivity index (χ2v) is 3.40. The van der Waals surface area contributed by atoms with Crippen molar-refractivity contribution in [1.29, 1.82) is 0 Å². The molecule has 1 aliphatic rings. The number of carbonyl (C=O) groups excluding carboxylic acids is 2. The van der Waals surface area contributed by atoms with E-state index in [1.165, 1.54) is 0 Å². The molecular formula is C10H14O4. The van der Waals surface area contributed by atoms with Crippen molar-refractivity contribution in [3.8, 4) is 0 Å². The molecule has 0 aliphatic heterocycles. The number of hydrogen-bond donors (Lipinski definition) is 0. The lowest BCUT2D eigenvalue weighted by atomic mass is 10.2. The third-order valence-corrected chi connectivity index (χ3v) is 2.44. The van der Waals surface area contributed by atoms with Gasteiger partial charge in [-0.25, -0.2) is 9.59 Å². The Bertz CT molecular complexity index is 259. The monoisotopic (exact) mass is 198 g/mol. The van der Waals surface area contributed by atoms with E-state index in [9.17, 15) is 9.59 Å². The van der Waals surface area contributed by atoms with Crippen LogP contribution in [-0.4, -0.2) is 25.2 Å². The van der Waals surface area contributed by atoms with E-state index in [-0.39, 0.29) is 6.10 Å². The highest BCUT2D eigenvalue weighted by molar-refractivity contribution is 6.29. The Labute approximate surface area is 82.9 Å². The Balaban J connectivity index is 2.34. The van der Waals surface area contributed by atoms with Crippen LogP contribution in [0.2, 0.25) is 0 Å². The first-order valence-corrected chi connectivity index (χ1v) is 4.51. The highest BCUT2D eigenvalue weighted by Crippen LogP contribution is 2.42. The van der Waals surface area contributed by atoms with Crippen molar-refractivity contribution in [3.63, 3.8) is 0 Å². The molecule has 1 fully saturated rings. The first-order valence-electron chi connectivity index (χ1n) is 4.51. The predicted octanol–water partition coefficient (Wildman–Crippen LogP) is 0.913. The van der Waals surface area contributed by atoms with Gasteiger partial charge >= 0.3 is 11.9 Å². The van der Waals surface area contributed by atoms with Crippen molar-refractivity contribution < 1.29 is 19.1 Å². The van der Waals surface area contributed by atoms with Crippen molar-refractivity contribution in [2.45, 2.75) is 19.4 Å². The van der Waals surface area contributed by atoms with Crippen molar-refractivity contribution in [2.75, 3.05) is 7.11 Å². The molecule has 3 unspecified atom stereocenters. The number of carbonyl (C=O) groups is 2. The van der Waals surface area contributed by atoms with E-state index in [2.05, 4.69) is 11.3 Å². The molecule has 1 rings (SSSR count). The molecule has 0 aromatic carbocycles. The Morgan fingerprint density at radius 1 is 1.50 bits per heavy atom. The van der Waals surface area contributed by atoms with Gasteiger partial charge in [-0.1, -0.05) is 6.08 Å². The first-order chi connectivity index (χ1) is 6.60. The van der Waals surface area contributed by atoms with Crippen LogP contribution in [0.4, 0.5) is 0 Å². The summed E-state index contributed by atoms with van der Waals surface area (Å²) in [7, 11) is 1.15. The van der Waals surface area contributed by atoms with Crippen LogP contribution in [0.3, 0.4) is 0 Å². The molecular weight excluding hydrogens is 184 g/mol. The summed E-state index contributed by atoms with van der Waals surface area (Å²) in [6.07, 6.45) is 2.57. The summed E-state index contributed by atoms with van der Waals surface area (Å²) in [4.78, 5) is 21.7. The second-order valence-electron chi connectivity index (χ2n) is 3.40. The molecule has 0 aromatic heterocycles. The lowest BCUT2D eigenvalue weighted by Gasteiger charge is -2.10. The van der Waals surface area contributed by atoms with E-state index in [1.807, 2.05) is 6.08 Å². The summed E-state index contributed by atoms with van der Waals surface area (Å²) in [6.45, 7) is 5.43. The molecule has 0 heterocycles. The maximum Gasteiger partial charge on any atom is 0.417 e. The second kappa shape index (κ2) is 4.26. The van der Waals surface area contributed by atoms with Gasteiger partial charge in [0.15, 0.2) is 0 Å². The lowest BCUT2D eigenvalue weighted by Crippen LogP contribution is -2.25. The van der Waals surface area contributed by atoms with Gasteiger partial charge < -0.3 is 9.47 Å². The van der Waals surface area contributed by atoms with Crippen LogP contribution in [-0.2, 0) is 19.1 Å². The molecule has 0 radical (unpaired) electrons. The van der Waals surface area contributed by atoms with E-state index >= 15 is 0 Å². The fraction of sp³-hybridized carbons (Fsp3) is 0.600. The van der Waals surface area contributed by atoms with Crippen LogP contribution >= 0.6 is 0 Å². The summed E-state index contributed by atoms with van der Waals surface area (Å²) < 4.78 is 9.13. The third kappa shape index (κ3) is 2.34. The predicted molar refractivity (Wildman–Crippen MR) is 49.4 cm³/mol. The molecule has 14 heavy (non-hydrogen) atoms. The van der Waals surface area contributed by atoms with Crippen molar-refractivity contribution >= 4 is 11.9 Å². The lowest BCUT2D eigenvalue weighted by molar-refractivity contribution is -0.169. The Hall–Kier alpha value is -1.32. The summed E-state index contributed by atoms with van der Waals surface area (Å²) in [5, 5.41) is 0. The van der Waals surface area contributed by atoms with Gasteiger partial charge in [-0.15, -0.1) is 6.58 Å². The molecule has 1 saturated carbocycles. The molecule has 4 nitrogen and oxygen atoms in total. The van der Waals surface area contributed by atoms with Gasteiger partial charge in [-0.2, -0.15) is 0 Å². The van der Waals surface area contributed by atoms with Crippen LogP contribution in [0.25, 0.3) is 0 Å². The average Bonchev–Trinajstić information content (AvgIpc) is 2.95. The number of methoxy groups -OCH3 is 1. The standard InChI is InChI=1S/C10H14O4/c1-4-7-5-8(7)6(2)14-10(12)9(11)13-3/h4,6-8H,1,5H2,2-3H3.